The van der Waals surface area contributed by atoms with Crippen LogP contribution >= 0.6 is 0 Å². The largest absolute Gasteiger partial charge is 0.370 e. The number of unbranched alkanes of at least 4 members (excludes halogenated alkanes) is 2. The lowest BCUT2D eigenvalue weighted by Crippen LogP contribution is -2.36. The molecule has 0 aliphatic carbocycles. The van der Waals surface area contributed by atoms with Crippen molar-refractivity contribution in [1.82, 2.24) is 4.31 Å². The van der Waals surface area contributed by atoms with E-state index in [2.05, 4.69) is 9.89 Å². The molecular weight excluding hydrogens is 402 g/mol. The molecular formula is C21H35N5O3S. The van der Waals surface area contributed by atoms with Gasteiger partial charge in [-0.25, -0.2) is 8.42 Å². The van der Waals surface area contributed by atoms with Crippen LogP contribution < -0.4 is 16.4 Å². The fourth-order valence-electron chi connectivity index (χ4n) is 3.59. The highest BCUT2D eigenvalue weighted by Gasteiger charge is 2.29. The predicted octanol–water partition coefficient (Wildman–Crippen LogP) is 2.68. The maximum absolute atomic E-state index is 13.7. The summed E-state index contributed by atoms with van der Waals surface area (Å²) in [4.78, 5) is 18.2. The topological polar surface area (TPSA) is 122 Å². The van der Waals surface area contributed by atoms with Crippen molar-refractivity contribution in [2.75, 3.05) is 31.1 Å². The third kappa shape index (κ3) is 6.18. The number of nitrogens with zero attached hydrogens (tertiary/aromatic N) is 3. The van der Waals surface area contributed by atoms with Crippen LogP contribution in [0.2, 0.25) is 0 Å². The number of carbonyl (C=O) groups is 1. The summed E-state index contributed by atoms with van der Waals surface area (Å²) in [7, 11) is -3.78. The van der Waals surface area contributed by atoms with E-state index in [1.165, 1.54) is 6.07 Å². The average molecular weight is 438 g/mol. The summed E-state index contributed by atoms with van der Waals surface area (Å²) in [6, 6.07) is 4.74. The molecule has 168 valence electrons. The molecule has 0 bridgehead atoms. The molecule has 1 amide bonds. The molecule has 0 unspecified atom stereocenters. The standard InChI is InChI=1S/C21H35N5O3S/c1-3-5-14-26(15-6-4-2)30(28,29)19-16-17(20(27)24-21(22)23)10-11-18(19)25-12-8-7-9-13-25/h10-11,16H,3-9,12-15H2,1-2H3,(H4,22,23,24,27). The molecule has 30 heavy (non-hydrogen) atoms. The van der Waals surface area contributed by atoms with Crippen LogP contribution in [0.4, 0.5) is 5.69 Å². The molecule has 0 aromatic heterocycles. The van der Waals surface area contributed by atoms with Gasteiger partial charge in [-0.05, 0) is 50.3 Å². The van der Waals surface area contributed by atoms with Crippen molar-refractivity contribution < 1.29 is 13.2 Å². The molecule has 1 saturated heterocycles. The van der Waals surface area contributed by atoms with Crippen molar-refractivity contribution in [3.8, 4) is 0 Å². The van der Waals surface area contributed by atoms with Gasteiger partial charge in [0.15, 0.2) is 5.96 Å². The average Bonchev–Trinajstić information content (AvgIpc) is 2.73. The molecule has 4 N–H and O–H groups in total. The van der Waals surface area contributed by atoms with Crippen LogP contribution in [0.15, 0.2) is 28.1 Å². The summed E-state index contributed by atoms with van der Waals surface area (Å²) >= 11 is 0. The van der Waals surface area contributed by atoms with Crippen LogP contribution in [-0.4, -0.2) is 50.8 Å². The second-order valence-electron chi connectivity index (χ2n) is 7.68. The third-order valence-electron chi connectivity index (χ3n) is 5.27. The minimum Gasteiger partial charge on any atom is -0.370 e. The Morgan fingerprint density at radius 2 is 1.67 bits per heavy atom. The molecule has 1 aromatic rings. The zero-order chi connectivity index (χ0) is 22.1. The van der Waals surface area contributed by atoms with Gasteiger partial charge in [0.2, 0.25) is 10.0 Å². The maximum atomic E-state index is 13.7. The first kappa shape index (κ1) is 24.1. The summed E-state index contributed by atoms with van der Waals surface area (Å²) in [5, 5.41) is 0. The van der Waals surface area contributed by atoms with E-state index in [9.17, 15) is 13.2 Å². The molecule has 1 aliphatic heterocycles. The number of hydrogen-bond donors (Lipinski definition) is 2. The van der Waals surface area contributed by atoms with E-state index < -0.39 is 15.9 Å². The first-order valence-corrected chi connectivity index (χ1v) is 12.3. The molecule has 8 nitrogen and oxygen atoms in total. The van der Waals surface area contributed by atoms with Crippen LogP contribution in [0.25, 0.3) is 0 Å². The lowest BCUT2D eigenvalue weighted by molar-refractivity contribution is 0.100. The van der Waals surface area contributed by atoms with Gasteiger partial charge in [0.25, 0.3) is 5.91 Å². The maximum Gasteiger partial charge on any atom is 0.280 e. The van der Waals surface area contributed by atoms with Gasteiger partial charge in [0.1, 0.15) is 4.90 Å². The number of piperidine rings is 1. The van der Waals surface area contributed by atoms with Gasteiger partial charge in [-0.2, -0.15) is 9.30 Å². The van der Waals surface area contributed by atoms with Crippen molar-refractivity contribution in [3.63, 3.8) is 0 Å². The van der Waals surface area contributed by atoms with Gasteiger partial charge in [-0.1, -0.05) is 26.7 Å². The zero-order valence-electron chi connectivity index (χ0n) is 18.1. The zero-order valence-corrected chi connectivity index (χ0v) is 19.0. The smallest absolute Gasteiger partial charge is 0.280 e. The van der Waals surface area contributed by atoms with Crippen molar-refractivity contribution in [1.29, 1.82) is 0 Å². The number of guanidine groups is 1. The van der Waals surface area contributed by atoms with Crippen LogP contribution in [0.3, 0.4) is 0 Å². The first-order valence-electron chi connectivity index (χ1n) is 10.8. The van der Waals surface area contributed by atoms with Gasteiger partial charge in [-0.15, -0.1) is 0 Å². The minimum absolute atomic E-state index is 0.160. The van der Waals surface area contributed by atoms with E-state index in [0.29, 0.717) is 18.8 Å². The fourth-order valence-corrected chi connectivity index (χ4v) is 5.35. The Kier molecular flexibility index (Phi) is 9.10. The molecule has 1 aromatic carbocycles. The highest BCUT2D eigenvalue weighted by Crippen LogP contribution is 2.32. The SMILES string of the molecule is CCCCN(CCCC)S(=O)(=O)c1cc(C(=O)N=C(N)N)ccc1N1CCCCC1. The van der Waals surface area contributed by atoms with E-state index in [0.717, 1.165) is 58.0 Å². The first-order chi connectivity index (χ1) is 14.3. The summed E-state index contributed by atoms with van der Waals surface area (Å²) in [6.07, 6.45) is 6.55. The van der Waals surface area contributed by atoms with Crippen LogP contribution in [-0.2, 0) is 10.0 Å². The molecule has 0 spiro atoms. The van der Waals surface area contributed by atoms with E-state index in [1.54, 1.807) is 16.4 Å². The molecule has 1 fully saturated rings. The normalized spacial score (nSPS) is 14.7. The van der Waals surface area contributed by atoms with Gasteiger partial charge in [0, 0.05) is 31.7 Å². The Bertz CT molecular complexity index is 836. The summed E-state index contributed by atoms with van der Waals surface area (Å²) in [6.45, 7) is 6.60. The Morgan fingerprint density at radius 3 is 2.20 bits per heavy atom. The van der Waals surface area contributed by atoms with Crippen molar-refractivity contribution >= 4 is 27.6 Å². The number of amides is 1. The number of hydrogen-bond acceptors (Lipinski definition) is 4. The van der Waals surface area contributed by atoms with E-state index >= 15 is 0 Å². The Hall–Kier alpha value is -2.13. The summed E-state index contributed by atoms with van der Waals surface area (Å²) in [5.74, 6) is -0.998. The second kappa shape index (κ2) is 11.3. The molecule has 0 saturated carbocycles. The van der Waals surface area contributed by atoms with Gasteiger partial charge in [-0.3, -0.25) is 4.79 Å². The van der Waals surface area contributed by atoms with Crippen molar-refractivity contribution in [3.05, 3.63) is 23.8 Å². The molecule has 9 heteroatoms. The van der Waals surface area contributed by atoms with Gasteiger partial charge >= 0.3 is 0 Å². The lowest BCUT2D eigenvalue weighted by atomic mass is 10.1. The molecule has 0 atom stereocenters. The molecule has 1 heterocycles. The molecule has 2 rings (SSSR count). The Labute approximate surface area is 180 Å². The van der Waals surface area contributed by atoms with Crippen LogP contribution in [0.1, 0.15) is 69.2 Å². The summed E-state index contributed by atoms with van der Waals surface area (Å²) in [5.41, 5.74) is 11.5. The van der Waals surface area contributed by atoms with Crippen molar-refractivity contribution in [2.24, 2.45) is 16.5 Å². The quantitative estimate of drug-likeness (QED) is 0.429. The Morgan fingerprint density at radius 1 is 1.07 bits per heavy atom. The monoisotopic (exact) mass is 437 g/mol. The highest BCUT2D eigenvalue weighted by molar-refractivity contribution is 7.89. The number of nitrogens with two attached hydrogens (primary N) is 2. The number of carbonyl (C=O) groups excluding carboxylic acids is 1. The van der Waals surface area contributed by atoms with Crippen molar-refractivity contribution in [2.45, 2.75) is 63.7 Å². The van der Waals surface area contributed by atoms with E-state index in [1.807, 2.05) is 13.8 Å². The fraction of sp³-hybridized carbons (Fsp3) is 0.619. The summed E-state index contributed by atoms with van der Waals surface area (Å²) < 4.78 is 29.0. The van der Waals surface area contributed by atoms with Gasteiger partial charge in [0.05, 0.1) is 5.69 Å². The molecule has 1 aliphatic rings. The third-order valence-corrected chi connectivity index (χ3v) is 7.20. The number of benzene rings is 1. The van der Waals surface area contributed by atoms with Crippen LogP contribution in [0, 0.1) is 0 Å². The van der Waals surface area contributed by atoms with Gasteiger partial charge < -0.3 is 16.4 Å². The number of rotatable bonds is 10. The number of aliphatic imine (C=N–C) groups is 1. The lowest BCUT2D eigenvalue weighted by Gasteiger charge is -2.32. The minimum atomic E-state index is -3.78. The number of sulfonamides is 1. The van der Waals surface area contributed by atoms with E-state index in [4.69, 9.17) is 11.5 Å². The second-order valence-corrected chi connectivity index (χ2v) is 9.59. The van der Waals surface area contributed by atoms with E-state index in [-0.39, 0.29) is 16.4 Å². The predicted molar refractivity (Wildman–Crippen MR) is 121 cm³/mol. The van der Waals surface area contributed by atoms with Crippen LogP contribution in [0.5, 0.6) is 0 Å². The highest BCUT2D eigenvalue weighted by atomic mass is 32.2. The Balaban J connectivity index is 2.54. The molecule has 0 radical (unpaired) electrons. The number of anilines is 1.